The number of aromatic nitrogens is 1. The molecule has 1 aromatic rings. The molecule has 0 amide bonds. The van der Waals surface area contributed by atoms with E-state index in [1.807, 2.05) is 6.07 Å². The molecule has 0 saturated carbocycles. The molecule has 24 heavy (non-hydrogen) atoms. The first-order valence-electron chi connectivity index (χ1n) is 8.54. The van der Waals surface area contributed by atoms with Crippen molar-refractivity contribution in [2.75, 3.05) is 60.9 Å². The molecule has 0 spiro atoms. The second-order valence-corrected chi connectivity index (χ2v) is 6.85. The van der Waals surface area contributed by atoms with Gasteiger partial charge in [-0.25, -0.2) is 4.98 Å². The van der Waals surface area contributed by atoms with E-state index in [4.69, 9.17) is 4.98 Å². The number of alkyl halides is 3. The van der Waals surface area contributed by atoms with Crippen molar-refractivity contribution < 1.29 is 13.2 Å². The summed E-state index contributed by atoms with van der Waals surface area (Å²) in [7, 11) is 0. The van der Waals surface area contributed by atoms with Crippen molar-refractivity contribution in [3.05, 3.63) is 12.1 Å². The molecule has 0 unspecified atom stereocenters. The number of anilines is 3. The molecule has 3 aliphatic rings. The molecule has 1 atom stereocenters. The van der Waals surface area contributed by atoms with Crippen LogP contribution in [0, 0.1) is 0 Å². The summed E-state index contributed by atoms with van der Waals surface area (Å²) in [5, 5.41) is 3.48. The van der Waals surface area contributed by atoms with Crippen LogP contribution in [0.1, 0.15) is 12.8 Å². The average Bonchev–Trinajstić information content (AvgIpc) is 2.76. The second kappa shape index (κ2) is 5.98. The van der Waals surface area contributed by atoms with Crippen molar-refractivity contribution in [3.8, 4) is 0 Å². The fraction of sp³-hybridized carbons (Fsp3) is 0.688. The van der Waals surface area contributed by atoms with Gasteiger partial charge in [-0.15, -0.1) is 0 Å². The summed E-state index contributed by atoms with van der Waals surface area (Å²) in [4.78, 5) is 10.7. The Morgan fingerprint density at radius 3 is 2.79 bits per heavy atom. The molecule has 0 aliphatic carbocycles. The van der Waals surface area contributed by atoms with Gasteiger partial charge < -0.3 is 15.1 Å². The first kappa shape index (κ1) is 15.8. The molecule has 3 aliphatic heterocycles. The number of hydrogen-bond donors (Lipinski definition) is 1. The lowest BCUT2D eigenvalue weighted by atomic mass is 10.2. The summed E-state index contributed by atoms with van der Waals surface area (Å²) in [6, 6.07) is 4.55. The quantitative estimate of drug-likeness (QED) is 0.892. The minimum atomic E-state index is -4.13. The number of nitrogens with zero attached hydrogens (tertiary/aromatic N) is 4. The monoisotopic (exact) mass is 341 g/mol. The van der Waals surface area contributed by atoms with Crippen LogP contribution in [0.3, 0.4) is 0 Å². The van der Waals surface area contributed by atoms with Gasteiger partial charge in [0.05, 0.1) is 12.2 Å². The highest BCUT2D eigenvalue weighted by Crippen LogP contribution is 2.35. The maximum atomic E-state index is 12.6. The summed E-state index contributed by atoms with van der Waals surface area (Å²) >= 11 is 0. The molecule has 2 saturated heterocycles. The summed E-state index contributed by atoms with van der Waals surface area (Å²) in [6.07, 6.45) is -2.28. The van der Waals surface area contributed by atoms with E-state index in [0.29, 0.717) is 25.7 Å². The number of pyridine rings is 1. The standard InChI is InChI=1S/C16H22F3N5/c17-16(18,19)11-22-5-1-6-23(9-8-22)14-3-2-13-15(21-14)20-12-4-7-24(13)10-12/h2-3,12H,1,4-11H2,(H,20,21)/t12-/m0/s1. The van der Waals surface area contributed by atoms with Gasteiger partial charge in [-0.05, 0) is 25.0 Å². The Hall–Kier alpha value is -1.70. The summed E-state index contributed by atoms with van der Waals surface area (Å²) in [5.41, 5.74) is 1.14. The molecular formula is C16H22F3N5. The smallest absolute Gasteiger partial charge is 0.366 e. The second-order valence-electron chi connectivity index (χ2n) is 6.85. The van der Waals surface area contributed by atoms with Crippen LogP contribution in [0.4, 0.5) is 30.5 Å². The van der Waals surface area contributed by atoms with E-state index in [-0.39, 0.29) is 0 Å². The zero-order chi connectivity index (χ0) is 16.7. The van der Waals surface area contributed by atoms with Gasteiger partial charge in [0.25, 0.3) is 0 Å². The van der Waals surface area contributed by atoms with Crippen molar-refractivity contribution in [3.63, 3.8) is 0 Å². The molecule has 8 heteroatoms. The van der Waals surface area contributed by atoms with Crippen LogP contribution in [-0.4, -0.2) is 67.9 Å². The topological polar surface area (TPSA) is 34.6 Å². The Balaban J connectivity index is 1.46. The fourth-order valence-corrected chi connectivity index (χ4v) is 3.88. The predicted molar refractivity (Wildman–Crippen MR) is 87.8 cm³/mol. The lowest BCUT2D eigenvalue weighted by molar-refractivity contribution is -0.145. The van der Waals surface area contributed by atoms with Crippen molar-refractivity contribution in [2.45, 2.75) is 25.1 Å². The highest BCUT2D eigenvalue weighted by Gasteiger charge is 2.33. The van der Waals surface area contributed by atoms with Crippen LogP contribution in [0.2, 0.25) is 0 Å². The summed E-state index contributed by atoms with van der Waals surface area (Å²) in [6.45, 7) is 3.49. The maximum Gasteiger partial charge on any atom is 0.401 e. The maximum absolute atomic E-state index is 12.6. The van der Waals surface area contributed by atoms with Crippen molar-refractivity contribution in [1.82, 2.24) is 9.88 Å². The Bertz CT molecular complexity index is 606. The van der Waals surface area contributed by atoms with Gasteiger partial charge >= 0.3 is 6.18 Å². The normalized spacial score (nSPS) is 24.5. The predicted octanol–water partition coefficient (Wildman–Crippen LogP) is 2.16. The third kappa shape index (κ3) is 3.24. The molecule has 1 N–H and O–H groups in total. The Labute approximate surface area is 139 Å². The highest BCUT2D eigenvalue weighted by atomic mass is 19.4. The van der Waals surface area contributed by atoms with Crippen LogP contribution >= 0.6 is 0 Å². The zero-order valence-electron chi connectivity index (χ0n) is 13.5. The Kier molecular flexibility index (Phi) is 3.94. The molecule has 0 radical (unpaired) electrons. The van der Waals surface area contributed by atoms with Gasteiger partial charge in [0.15, 0.2) is 5.82 Å². The van der Waals surface area contributed by atoms with Crippen molar-refractivity contribution >= 4 is 17.3 Å². The molecule has 0 aromatic carbocycles. The molecule has 1 aromatic heterocycles. The molecular weight excluding hydrogens is 319 g/mol. The van der Waals surface area contributed by atoms with E-state index in [1.54, 1.807) is 0 Å². The molecule has 2 fully saturated rings. The summed E-state index contributed by atoms with van der Waals surface area (Å²) in [5.74, 6) is 1.77. The van der Waals surface area contributed by atoms with E-state index >= 15 is 0 Å². The van der Waals surface area contributed by atoms with Crippen LogP contribution in [0.15, 0.2) is 12.1 Å². The van der Waals surface area contributed by atoms with Crippen LogP contribution < -0.4 is 15.1 Å². The highest BCUT2D eigenvalue weighted by molar-refractivity contribution is 5.72. The Morgan fingerprint density at radius 2 is 1.96 bits per heavy atom. The number of fused-ring (bicyclic) bond motifs is 4. The number of halogens is 3. The van der Waals surface area contributed by atoms with E-state index in [1.165, 1.54) is 4.90 Å². The third-order valence-corrected chi connectivity index (χ3v) is 5.04. The van der Waals surface area contributed by atoms with Crippen molar-refractivity contribution in [1.29, 1.82) is 0 Å². The van der Waals surface area contributed by atoms with Gasteiger partial charge in [0.1, 0.15) is 5.82 Å². The molecule has 5 nitrogen and oxygen atoms in total. The lowest BCUT2D eigenvalue weighted by Gasteiger charge is -2.30. The van der Waals surface area contributed by atoms with E-state index in [2.05, 4.69) is 21.2 Å². The molecule has 4 rings (SSSR count). The number of rotatable bonds is 2. The van der Waals surface area contributed by atoms with Gasteiger partial charge in [-0.1, -0.05) is 0 Å². The van der Waals surface area contributed by atoms with E-state index < -0.39 is 12.7 Å². The number of nitrogens with one attached hydrogen (secondary N) is 1. The largest absolute Gasteiger partial charge is 0.401 e. The van der Waals surface area contributed by atoms with Crippen molar-refractivity contribution in [2.24, 2.45) is 0 Å². The van der Waals surface area contributed by atoms with Gasteiger partial charge in [-0.3, -0.25) is 4.90 Å². The van der Waals surface area contributed by atoms with Gasteiger partial charge in [0.2, 0.25) is 0 Å². The molecule has 4 heterocycles. The SMILES string of the molecule is FC(F)(F)CN1CCCN(c2ccc3c(n2)N[C@H]2CCN3C2)CC1. The average molecular weight is 341 g/mol. The fourth-order valence-electron chi connectivity index (χ4n) is 3.88. The zero-order valence-corrected chi connectivity index (χ0v) is 13.5. The molecule has 132 valence electrons. The minimum absolute atomic E-state index is 0.417. The molecule has 2 bridgehead atoms. The minimum Gasteiger partial charge on any atom is -0.366 e. The van der Waals surface area contributed by atoms with Crippen LogP contribution in [-0.2, 0) is 0 Å². The van der Waals surface area contributed by atoms with Gasteiger partial charge in [0, 0.05) is 45.3 Å². The lowest BCUT2D eigenvalue weighted by Crippen LogP contribution is -2.37. The third-order valence-electron chi connectivity index (χ3n) is 5.04. The first-order chi connectivity index (χ1) is 11.5. The first-order valence-corrected chi connectivity index (χ1v) is 8.54. The summed E-state index contributed by atoms with van der Waals surface area (Å²) < 4.78 is 37.7. The van der Waals surface area contributed by atoms with Crippen LogP contribution in [0.5, 0.6) is 0 Å². The van der Waals surface area contributed by atoms with E-state index in [9.17, 15) is 13.2 Å². The van der Waals surface area contributed by atoms with Crippen LogP contribution in [0.25, 0.3) is 0 Å². The van der Waals surface area contributed by atoms with E-state index in [0.717, 1.165) is 49.8 Å². The number of hydrogen-bond acceptors (Lipinski definition) is 5. The Morgan fingerprint density at radius 1 is 1.08 bits per heavy atom. The van der Waals surface area contributed by atoms with Gasteiger partial charge in [-0.2, -0.15) is 13.2 Å².